The van der Waals surface area contributed by atoms with Gasteiger partial charge in [-0.3, -0.25) is 19.2 Å². The number of carbonyl (C=O) groups excluding carboxylic acids is 5. The molecular weight excluding hydrogens is 626 g/mol. The SMILES string of the molecule is CC1(C)CC2C(CN(C(=O)[C@@H](NC(=O)NC3(CS(C)(=O)=O)CCCCC3)C3CCCCC3)[C@@H]2C(=O)NC(CC2CC2)C(=O)C(N)=O)O1. The zero-order valence-corrected chi connectivity index (χ0v) is 28.9. The highest BCUT2D eigenvalue weighted by Gasteiger charge is 2.56. The van der Waals surface area contributed by atoms with Crippen molar-refractivity contribution in [3.05, 3.63) is 0 Å². The number of likely N-dealkylation sites (tertiary alicyclic amines) is 1. The van der Waals surface area contributed by atoms with Crippen molar-refractivity contribution in [1.82, 2.24) is 20.9 Å². The number of hydrogen-bond acceptors (Lipinski definition) is 8. The minimum atomic E-state index is -3.40. The lowest BCUT2D eigenvalue weighted by Gasteiger charge is -2.39. The molecule has 5 N–H and O–H groups in total. The molecular formula is C33H53N5O8S. The van der Waals surface area contributed by atoms with Gasteiger partial charge in [0.15, 0.2) is 0 Å². The van der Waals surface area contributed by atoms with E-state index in [1.54, 1.807) is 0 Å². The summed E-state index contributed by atoms with van der Waals surface area (Å²) in [5.41, 5.74) is 3.90. The maximum absolute atomic E-state index is 14.6. The number of hydrogen-bond donors (Lipinski definition) is 4. The smallest absolute Gasteiger partial charge is 0.315 e. The first kappa shape index (κ1) is 35.6. The Bertz CT molecular complexity index is 1340. The van der Waals surface area contributed by atoms with Crippen LogP contribution in [0.4, 0.5) is 4.79 Å². The third-order valence-corrected chi connectivity index (χ3v) is 12.0. The number of rotatable bonds is 12. The highest BCUT2D eigenvalue weighted by molar-refractivity contribution is 7.90. The second-order valence-electron chi connectivity index (χ2n) is 15.6. The summed E-state index contributed by atoms with van der Waals surface area (Å²) in [7, 11) is -3.40. The molecule has 47 heavy (non-hydrogen) atoms. The molecule has 2 heterocycles. The molecule has 5 aliphatic rings. The first-order valence-corrected chi connectivity index (χ1v) is 19.5. The highest BCUT2D eigenvalue weighted by Crippen LogP contribution is 2.44. The van der Waals surface area contributed by atoms with Crippen LogP contribution in [0.15, 0.2) is 0 Å². The lowest BCUT2D eigenvalue weighted by molar-refractivity contribution is -0.144. The van der Waals surface area contributed by atoms with Crippen molar-refractivity contribution < 1.29 is 37.1 Å². The quantitative estimate of drug-likeness (QED) is 0.224. The largest absolute Gasteiger partial charge is 0.370 e. The molecule has 0 radical (unpaired) electrons. The van der Waals surface area contributed by atoms with E-state index in [0.717, 1.165) is 64.2 Å². The first-order chi connectivity index (χ1) is 22.1. The molecule has 3 saturated carbocycles. The number of ketones is 1. The molecule has 5 rings (SSSR count). The molecule has 0 aromatic carbocycles. The molecule has 5 amide bonds. The molecule has 3 aliphatic carbocycles. The van der Waals surface area contributed by atoms with Crippen molar-refractivity contribution in [3.63, 3.8) is 0 Å². The Morgan fingerprint density at radius 2 is 1.57 bits per heavy atom. The number of fused-ring (bicyclic) bond motifs is 1. The summed E-state index contributed by atoms with van der Waals surface area (Å²) in [6, 6.07) is -3.57. The van der Waals surface area contributed by atoms with Crippen LogP contribution in [-0.4, -0.2) is 96.8 Å². The van der Waals surface area contributed by atoms with Crippen molar-refractivity contribution in [3.8, 4) is 0 Å². The van der Waals surface area contributed by atoms with Crippen molar-refractivity contribution in [2.45, 2.75) is 139 Å². The fourth-order valence-corrected chi connectivity index (χ4v) is 10.0. The monoisotopic (exact) mass is 679 g/mol. The van der Waals surface area contributed by atoms with Crippen LogP contribution >= 0.6 is 0 Å². The molecule has 0 aromatic rings. The number of carbonyl (C=O) groups is 5. The number of nitrogens with two attached hydrogens (primary N) is 1. The van der Waals surface area contributed by atoms with Crippen LogP contribution in [-0.2, 0) is 33.8 Å². The van der Waals surface area contributed by atoms with Gasteiger partial charge < -0.3 is 31.3 Å². The fourth-order valence-electron chi connectivity index (χ4n) is 8.66. The standard InChI is InChI=1S/C33H53N5O8S/c1-32(2)17-22-24(46-32)18-38(26(22)29(41)35-23(16-20-12-13-20)27(39)28(34)40)30(42)25(21-10-6-4-7-11-21)36-31(43)37-33(19-47(3,44)45)14-8-5-9-15-33/h20-26H,4-19H2,1-3H3,(H2,34,40)(H,35,41)(H2,36,37,43)/t22?,23?,24?,25-,26-/m0/s1. The van der Waals surface area contributed by atoms with E-state index >= 15 is 0 Å². The number of Topliss-reactive ketones (excluding diaryl/α,β-unsaturated/α-hetero) is 1. The van der Waals surface area contributed by atoms with E-state index < -0.39 is 74.7 Å². The van der Waals surface area contributed by atoms with Crippen LogP contribution in [0.1, 0.15) is 104 Å². The molecule has 13 nitrogen and oxygen atoms in total. The lowest BCUT2D eigenvalue weighted by atomic mass is 9.82. The van der Waals surface area contributed by atoms with E-state index in [4.69, 9.17) is 10.5 Å². The average molecular weight is 680 g/mol. The lowest BCUT2D eigenvalue weighted by Crippen LogP contribution is -2.62. The van der Waals surface area contributed by atoms with Gasteiger partial charge in [0.25, 0.3) is 5.91 Å². The molecule has 14 heteroatoms. The third-order valence-electron chi connectivity index (χ3n) is 10.9. The van der Waals surface area contributed by atoms with Crippen molar-refractivity contribution in [2.24, 2.45) is 23.5 Å². The molecule has 3 unspecified atom stereocenters. The van der Waals surface area contributed by atoms with Gasteiger partial charge in [0.2, 0.25) is 17.6 Å². The summed E-state index contributed by atoms with van der Waals surface area (Å²) in [6.07, 6.45) is 11.3. The molecule has 5 atom stereocenters. The summed E-state index contributed by atoms with van der Waals surface area (Å²) in [5, 5.41) is 8.70. The Labute approximate surface area is 278 Å². The predicted octanol–water partition coefficient (Wildman–Crippen LogP) is 1.72. The third kappa shape index (κ3) is 8.84. The van der Waals surface area contributed by atoms with E-state index in [2.05, 4.69) is 16.0 Å². The van der Waals surface area contributed by atoms with Gasteiger partial charge in [0, 0.05) is 18.7 Å². The fraction of sp³-hybridized carbons (Fsp3) is 0.848. The van der Waals surface area contributed by atoms with Gasteiger partial charge in [-0.1, -0.05) is 51.4 Å². The summed E-state index contributed by atoms with van der Waals surface area (Å²) in [6.45, 7) is 4.02. The van der Waals surface area contributed by atoms with E-state index in [0.29, 0.717) is 25.7 Å². The number of primary amides is 1. The summed E-state index contributed by atoms with van der Waals surface area (Å²) >= 11 is 0. The van der Waals surface area contributed by atoms with Gasteiger partial charge >= 0.3 is 6.03 Å². The Kier molecular flexibility index (Phi) is 10.6. The number of ether oxygens (including phenoxy) is 1. The number of urea groups is 1. The molecule has 5 fully saturated rings. The normalized spacial score (nSPS) is 28.5. The maximum Gasteiger partial charge on any atom is 0.315 e. The van der Waals surface area contributed by atoms with Crippen LogP contribution < -0.4 is 21.7 Å². The van der Waals surface area contributed by atoms with Crippen molar-refractivity contribution >= 4 is 39.4 Å². The van der Waals surface area contributed by atoms with Gasteiger partial charge in [-0.25, -0.2) is 13.2 Å². The van der Waals surface area contributed by atoms with E-state index in [1.807, 2.05) is 13.8 Å². The Hall–Kier alpha value is -2.74. The molecule has 0 aromatic heterocycles. The number of nitrogens with zero attached hydrogens (tertiary/aromatic N) is 1. The van der Waals surface area contributed by atoms with Gasteiger partial charge in [0.1, 0.15) is 21.9 Å². The first-order valence-electron chi connectivity index (χ1n) is 17.5. The second-order valence-corrected chi connectivity index (χ2v) is 17.7. The highest BCUT2D eigenvalue weighted by atomic mass is 32.2. The molecule has 2 saturated heterocycles. The zero-order valence-electron chi connectivity index (χ0n) is 28.1. The maximum atomic E-state index is 14.6. The summed E-state index contributed by atoms with van der Waals surface area (Å²) in [5.74, 6) is -3.37. The van der Waals surface area contributed by atoms with Crippen molar-refractivity contribution in [2.75, 3.05) is 18.6 Å². The Morgan fingerprint density at radius 3 is 2.17 bits per heavy atom. The Morgan fingerprint density at radius 1 is 0.936 bits per heavy atom. The van der Waals surface area contributed by atoms with Crippen LogP contribution in [0, 0.1) is 17.8 Å². The molecule has 2 aliphatic heterocycles. The number of amides is 5. The molecule has 0 spiro atoms. The second kappa shape index (κ2) is 14.0. The van der Waals surface area contributed by atoms with Crippen molar-refractivity contribution in [1.29, 1.82) is 0 Å². The van der Waals surface area contributed by atoms with Crippen LogP contribution in [0.3, 0.4) is 0 Å². The zero-order chi connectivity index (χ0) is 34.1. The minimum Gasteiger partial charge on any atom is -0.370 e. The number of nitrogens with one attached hydrogen (secondary N) is 3. The van der Waals surface area contributed by atoms with E-state index in [9.17, 15) is 32.4 Å². The van der Waals surface area contributed by atoms with Gasteiger partial charge in [-0.2, -0.15) is 0 Å². The number of sulfone groups is 1. The van der Waals surface area contributed by atoms with Crippen LogP contribution in [0.2, 0.25) is 0 Å². The van der Waals surface area contributed by atoms with Gasteiger partial charge in [-0.05, 0) is 64.2 Å². The average Bonchev–Trinajstić information content (AvgIpc) is 3.67. The van der Waals surface area contributed by atoms with E-state index in [1.165, 1.54) is 11.2 Å². The Balaban J connectivity index is 1.40. The van der Waals surface area contributed by atoms with E-state index in [-0.39, 0.29) is 30.1 Å². The topological polar surface area (TPSA) is 194 Å². The predicted molar refractivity (Wildman–Crippen MR) is 174 cm³/mol. The molecule has 264 valence electrons. The van der Waals surface area contributed by atoms with Gasteiger partial charge in [0.05, 0.1) is 29.0 Å². The van der Waals surface area contributed by atoms with Crippen LogP contribution in [0.25, 0.3) is 0 Å². The summed E-state index contributed by atoms with van der Waals surface area (Å²) < 4.78 is 31.0. The minimum absolute atomic E-state index is 0.145. The van der Waals surface area contributed by atoms with Gasteiger partial charge in [-0.15, -0.1) is 0 Å². The summed E-state index contributed by atoms with van der Waals surface area (Å²) in [4.78, 5) is 68.5. The van der Waals surface area contributed by atoms with Crippen LogP contribution in [0.5, 0.6) is 0 Å². The molecule has 0 bridgehead atoms.